The molecule has 1 aliphatic heterocycles. The van der Waals surface area contributed by atoms with Crippen LogP contribution in [-0.2, 0) is 4.79 Å². The van der Waals surface area contributed by atoms with Crippen molar-refractivity contribution in [3.05, 3.63) is 0 Å². The zero-order valence-electron chi connectivity index (χ0n) is 11.2. The molecule has 19 heavy (non-hydrogen) atoms. The van der Waals surface area contributed by atoms with Crippen molar-refractivity contribution in [1.29, 1.82) is 0 Å². The first-order valence-electron chi connectivity index (χ1n) is 6.58. The summed E-state index contributed by atoms with van der Waals surface area (Å²) in [5.74, 6) is 0.802. The number of rotatable bonds is 3. The van der Waals surface area contributed by atoms with E-state index < -0.39 is 5.60 Å². The molecule has 0 aromatic heterocycles. The number of guanidine groups is 1. The third kappa shape index (κ3) is 4.79. The van der Waals surface area contributed by atoms with Crippen LogP contribution in [0, 0.1) is 0 Å². The number of amides is 1. The normalized spacial score (nSPS) is 25.7. The van der Waals surface area contributed by atoms with E-state index >= 15 is 0 Å². The SMILES string of the molecule is CN=C(NCC1(O)CCC1)NC1CCC(=O)NC1.I. The van der Waals surface area contributed by atoms with Crippen LogP contribution < -0.4 is 16.0 Å². The van der Waals surface area contributed by atoms with Gasteiger partial charge in [0.1, 0.15) is 0 Å². The molecule has 110 valence electrons. The fraction of sp³-hybridized carbons (Fsp3) is 0.833. The van der Waals surface area contributed by atoms with E-state index in [0.29, 0.717) is 25.5 Å². The Labute approximate surface area is 130 Å². The molecule has 4 N–H and O–H groups in total. The Morgan fingerprint density at radius 2 is 2.32 bits per heavy atom. The molecule has 0 aromatic rings. The van der Waals surface area contributed by atoms with Crippen molar-refractivity contribution in [2.24, 2.45) is 4.99 Å². The fourth-order valence-electron chi connectivity index (χ4n) is 2.25. The standard InChI is InChI=1S/C12H22N4O2.HI/c1-13-11(15-8-12(18)5-2-6-12)16-9-3-4-10(17)14-7-9;/h9,18H,2-8H2,1H3,(H,14,17)(H2,13,15,16);1H. The number of nitrogens with zero attached hydrogens (tertiary/aromatic N) is 1. The van der Waals surface area contributed by atoms with Crippen LogP contribution in [0.5, 0.6) is 0 Å². The molecule has 1 amide bonds. The average molecular weight is 382 g/mol. The summed E-state index contributed by atoms with van der Waals surface area (Å²) >= 11 is 0. The van der Waals surface area contributed by atoms with Gasteiger partial charge in [-0.25, -0.2) is 0 Å². The van der Waals surface area contributed by atoms with Crippen molar-refractivity contribution >= 4 is 35.8 Å². The highest BCUT2D eigenvalue weighted by Gasteiger charge is 2.34. The van der Waals surface area contributed by atoms with Gasteiger partial charge in [-0.05, 0) is 25.7 Å². The quantitative estimate of drug-likeness (QED) is 0.314. The van der Waals surface area contributed by atoms with Gasteiger partial charge in [0.15, 0.2) is 5.96 Å². The summed E-state index contributed by atoms with van der Waals surface area (Å²) in [6.45, 7) is 1.16. The van der Waals surface area contributed by atoms with E-state index in [9.17, 15) is 9.90 Å². The van der Waals surface area contributed by atoms with Crippen molar-refractivity contribution in [3.63, 3.8) is 0 Å². The number of hydrogen-bond donors (Lipinski definition) is 4. The van der Waals surface area contributed by atoms with Crippen molar-refractivity contribution < 1.29 is 9.90 Å². The monoisotopic (exact) mass is 382 g/mol. The van der Waals surface area contributed by atoms with Crippen LogP contribution in [0.2, 0.25) is 0 Å². The maximum Gasteiger partial charge on any atom is 0.220 e. The van der Waals surface area contributed by atoms with E-state index in [1.54, 1.807) is 7.05 Å². The minimum absolute atomic E-state index is 0. The second kappa shape index (κ2) is 7.28. The zero-order chi connectivity index (χ0) is 13.0. The number of aliphatic imine (C=N–C) groups is 1. The van der Waals surface area contributed by atoms with Gasteiger partial charge in [0, 0.05) is 32.6 Å². The molecule has 1 aliphatic carbocycles. The van der Waals surface area contributed by atoms with Crippen LogP contribution in [-0.4, -0.2) is 48.8 Å². The van der Waals surface area contributed by atoms with E-state index in [1.165, 1.54) is 0 Å². The molecule has 1 saturated heterocycles. The Hall–Kier alpha value is -0.570. The van der Waals surface area contributed by atoms with Crippen molar-refractivity contribution in [2.75, 3.05) is 20.1 Å². The minimum Gasteiger partial charge on any atom is -0.388 e. The van der Waals surface area contributed by atoms with Crippen molar-refractivity contribution in [2.45, 2.75) is 43.7 Å². The number of aliphatic hydroxyl groups is 1. The first kappa shape index (κ1) is 16.5. The van der Waals surface area contributed by atoms with Crippen molar-refractivity contribution in [3.8, 4) is 0 Å². The lowest BCUT2D eigenvalue weighted by molar-refractivity contribution is -0.122. The molecular formula is C12H23IN4O2. The number of carbonyl (C=O) groups excluding carboxylic acids is 1. The number of carbonyl (C=O) groups is 1. The topological polar surface area (TPSA) is 85.8 Å². The lowest BCUT2D eigenvalue weighted by atomic mass is 9.80. The van der Waals surface area contributed by atoms with Gasteiger partial charge < -0.3 is 21.1 Å². The molecular weight excluding hydrogens is 359 g/mol. The van der Waals surface area contributed by atoms with Crippen LogP contribution in [0.1, 0.15) is 32.1 Å². The predicted octanol–water partition coefficient (Wildman–Crippen LogP) is -0.0370. The number of nitrogens with one attached hydrogen (secondary N) is 3. The zero-order valence-corrected chi connectivity index (χ0v) is 13.6. The van der Waals surface area contributed by atoms with Crippen LogP contribution in [0.4, 0.5) is 0 Å². The maximum atomic E-state index is 11.0. The molecule has 1 atom stereocenters. The van der Waals surface area contributed by atoms with E-state index in [-0.39, 0.29) is 35.9 Å². The van der Waals surface area contributed by atoms with Gasteiger partial charge in [0.05, 0.1) is 5.60 Å². The highest BCUT2D eigenvalue weighted by molar-refractivity contribution is 14.0. The average Bonchev–Trinajstić information content (AvgIpc) is 2.34. The minimum atomic E-state index is -0.557. The summed E-state index contributed by atoms with van der Waals surface area (Å²) in [6, 6.07) is 0.213. The Bertz CT molecular complexity index is 335. The van der Waals surface area contributed by atoms with Crippen LogP contribution in [0.15, 0.2) is 4.99 Å². The summed E-state index contributed by atoms with van der Waals surface area (Å²) in [7, 11) is 1.71. The number of piperidine rings is 1. The highest BCUT2D eigenvalue weighted by Crippen LogP contribution is 2.30. The molecule has 2 aliphatic rings. The Morgan fingerprint density at radius 3 is 2.79 bits per heavy atom. The van der Waals surface area contributed by atoms with Crippen LogP contribution in [0.25, 0.3) is 0 Å². The molecule has 2 rings (SSSR count). The third-order valence-electron chi connectivity index (χ3n) is 3.70. The number of hydrogen-bond acceptors (Lipinski definition) is 3. The summed E-state index contributed by atoms with van der Waals surface area (Å²) in [5, 5.41) is 19.2. The van der Waals surface area contributed by atoms with Gasteiger partial charge >= 0.3 is 0 Å². The molecule has 6 nitrogen and oxygen atoms in total. The summed E-state index contributed by atoms with van der Waals surface area (Å²) in [5.41, 5.74) is -0.557. The van der Waals surface area contributed by atoms with Gasteiger partial charge in [-0.3, -0.25) is 9.79 Å². The van der Waals surface area contributed by atoms with Gasteiger partial charge in [-0.15, -0.1) is 24.0 Å². The molecule has 0 bridgehead atoms. The molecule has 0 spiro atoms. The van der Waals surface area contributed by atoms with Gasteiger partial charge in [0.25, 0.3) is 0 Å². The van der Waals surface area contributed by atoms with Gasteiger partial charge in [-0.2, -0.15) is 0 Å². The smallest absolute Gasteiger partial charge is 0.220 e. The third-order valence-corrected chi connectivity index (χ3v) is 3.70. The predicted molar refractivity (Wildman–Crippen MR) is 84.7 cm³/mol. The molecule has 0 aromatic carbocycles. The maximum absolute atomic E-state index is 11.0. The largest absolute Gasteiger partial charge is 0.388 e. The molecule has 0 radical (unpaired) electrons. The second-order valence-electron chi connectivity index (χ2n) is 5.19. The highest BCUT2D eigenvalue weighted by atomic mass is 127. The van der Waals surface area contributed by atoms with Crippen molar-refractivity contribution in [1.82, 2.24) is 16.0 Å². The lowest BCUT2D eigenvalue weighted by Crippen LogP contribution is -2.55. The molecule has 2 fully saturated rings. The Kier molecular flexibility index (Phi) is 6.31. The lowest BCUT2D eigenvalue weighted by Gasteiger charge is -2.37. The summed E-state index contributed by atoms with van der Waals surface area (Å²) in [4.78, 5) is 15.2. The van der Waals surface area contributed by atoms with Crippen LogP contribution >= 0.6 is 24.0 Å². The summed E-state index contributed by atoms with van der Waals surface area (Å²) in [6.07, 6.45) is 4.18. The Balaban J connectivity index is 0.00000180. The first-order valence-corrected chi connectivity index (χ1v) is 6.58. The second-order valence-corrected chi connectivity index (χ2v) is 5.19. The van der Waals surface area contributed by atoms with Gasteiger partial charge in [0.2, 0.25) is 5.91 Å². The Morgan fingerprint density at radius 1 is 1.58 bits per heavy atom. The van der Waals surface area contributed by atoms with Crippen LogP contribution in [0.3, 0.4) is 0 Å². The first-order chi connectivity index (χ1) is 8.61. The molecule has 7 heteroatoms. The van der Waals surface area contributed by atoms with E-state index in [4.69, 9.17) is 0 Å². The number of halogens is 1. The van der Waals surface area contributed by atoms with E-state index in [0.717, 1.165) is 25.7 Å². The van der Waals surface area contributed by atoms with Gasteiger partial charge in [-0.1, -0.05) is 0 Å². The fourth-order valence-corrected chi connectivity index (χ4v) is 2.25. The van der Waals surface area contributed by atoms with E-state index in [1.807, 2.05) is 0 Å². The molecule has 1 heterocycles. The molecule has 1 saturated carbocycles. The van der Waals surface area contributed by atoms with E-state index in [2.05, 4.69) is 20.9 Å². The molecule has 1 unspecified atom stereocenters. The summed E-state index contributed by atoms with van der Waals surface area (Å²) < 4.78 is 0.